The first-order valence-corrected chi connectivity index (χ1v) is 11.9. The minimum absolute atomic E-state index is 0.158. The van der Waals surface area contributed by atoms with Crippen LogP contribution in [0.5, 0.6) is 11.5 Å². The number of nitrogens with zero attached hydrogens (tertiary/aromatic N) is 3. The molecule has 186 valence electrons. The lowest BCUT2D eigenvalue weighted by Crippen LogP contribution is -2.43. The molecule has 2 aromatic carbocycles. The Labute approximate surface area is 210 Å². The van der Waals surface area contributed by atoms with Crippen LogP contribution in [-0.4, -0.2) is 33.0 Å². The van der Waals surface area contributed by atoms with E-state index in [1.54, 1.807) is 24.5 Å². The van der Waals surface area contributed by atoms with Gasteiger partial charge in [0.2, 0.25) is 5.91 Å². The Kier molecular flexibility index (Phi) is 8.07. The fourth-order valence-electron chi connectivity index (χ4n) is 3.63. The summed E-state index contributed by atoms with van der Waals surface area (Å²) in [6.07, 6.45) is 4.13. The number of hydrogen-bond donors (Lipinski definition) is 2. The van der Waals surface area contributed by atoms with Crippen molar-refractivity contribution in [1.82, 2.24) is 19.9 Å². The summed E-state index contributed by atoms with van der Waals surface area (Å²) in [5, 5.41) is 6.30. The third kappa shape index (κ3) is 6.99. The van der Waals surface area contributed by atoms with Crippen LogP contribution < -0.4 is 15.4 Å². The van der Waals surface area contributed by atoms with Crippen molar-refractivity contribution in [2.75, 3.05) is 11.9 Å². The lowest BCUT2D eigenvalue weighted by molar-refractivity contribution is -0.118. The zero-order valence-electron chi connectivity index (χ0n) is 20.6. The molecular formula is C28H30FN5O2. The van der Waals surface area contributed by atoms with Crippen molar-refractivity contribution in [2.24, 2.45) is 13.0 Å². The molecule has 0 unspecified atom stereocenters. The summed E-state index contributed by atoms with van der Waals surface area (Å²) in [6.45, 7) is 4.91. The van der Waals surface area contributed by atoms with Gasteiger partial charge < -0.3 is 19.9 Å². The Morgan fingerprint density at radius 1 is 1.03 bits per heavy atom. The number of nitrogens with one attached hydrogen (secondary N) is 2. The Morgan fingerprint density at radius 2 is 1.72 bits per heavy atom. The van der Waals surface area contributed by atoms with Gasteiger partial charge in [-0.05, 0) is 73.1 Å². The zero-order valence-corrected chi connectivity index (χ0v) is 20.6. The number of anilines is 1. The molecule has 0 radical (unpaired) electrons. The van der Waals surface area contributed by atoms with Crippen LogP contribution in [0.2, 0.25) is 0 Å². The molecule has 0 spiro atoms. The fourth-order valence-corrected chi connectivity index (χ4v) is 3.63. The van der Waals surface area contributed by atoms with E-state index in [0.29, 0.717) is 36.2 Å². The summed E-state index contributed by atoms with van der Waals surface area (Å²) >= 11 is 0. The van der Waals surface area contributed by atoms with Crippen LogP contribution in [0.1, 0.15) is 19.5 Å². The molecule has 0 bridgehead atoms. The summed E-state index contributed by atoms with van der Waals surface area (Å²) in [5.41, 5.74) is 2.44. The molecule has 1 atom stereocenters. The maximum absolute atomic E-state index is 13.1. The molecule has 8 heteroatoms. The van der Waals surface area contributed by atoms with E-state index in [4.69, 9.17) is 4.74 Å². The van der Waals surface area contributed by atoms with Crippen LogP contribution in [0.25, 0.3) is 11.3 Å². The third-order valence-electron chi connectivity index (χ3n) is 5.46. The van der Waals surface area contributed by atoms with Gasteiger partial charge in [-0.25, -0.2) is 14.4 Å². The van der Waals surface area contributed by atoms with E-state index >= 15 is 0 Å². The topological polar surface area (TPSA) is 81.1 Å². The summed E-state index contributed by atoms with van der Waals surface area (Å²) in [6, 6.07) is 18.4. The van der Waals surface area contributed by atoms with Gasteiger partial charge in [0, 0.05) is 25.2 Å². The number of rotatable bonds is 10. The van der Waals surface area contributed by atoms with Crippen LogP contribution in [0.4, 0.5) is 10.2 Å². The quantitative estimate of drug-likeness (QED) is 0.321. The van der Waals surface area contributed by atoms with E-state index in [-0.39, 0.29) is 11.7 Å². The number of imidazole rings is 1. The minimum atomic E-state index is -0.435. The second-order valence-corrected chi connectivity index (χ2v) is 9.07. The van der Waals surface area contributed by atoms with Crippen molar-refractivity contribution in [3.05, 3.63) is 90.8 Å². The second kappa shape index (κ2) is 11.6. The smallest absolute Gasteiger partial charge is 0.243 e. The molecule has 0 aliphatic heterocycles. The lowest BCUT2D eigenvalue weighted by Gasteiger charge is -2.19. The number of benzene rings is 2. The molecule has 36 heavy (non-hydrogen) atoms. The van der Waals surface area contributed by atoms with Crippen molar-refractivity contribution in [2.45, 2.75) is 26.3 Å². The van der Waals surface area contributed by atoms with Crippen molar-refractivity contribution in [3.63, 3.8) is 0 Å². The molecule has 0 saturated heterocycles. The standard InChI is InChI=1S/C28H30FN5O2/c1-19(2)16-30-26(15-22-17-34(3)18-31-22)28(35)33-27-6-4-5-25(32-27)20-7-11-23(12-8-20)36-24-13-9-21(29)10-14-24/h4-14,17-19,26,30H,15-16H2,1-3H3,(H,32,33,35)/t26-/m0/s1. The first-order valence-electron chi connectivity index (χ1n) is 11.9. The van der Waals surface area contributed by atoms with Crippen molar-refractivity contribution in [1.29, 1.82) is 0 Å². The number of amides is 1. The van der Waals surface area contributed by atoms with Gasteiger partial charge in [0.05, 0.1) is 23.8 Å². The molecule has 1 amide bonds. The monoisotopic (exact) mass is 487 g/mol. The van der Waals surface area contributed by atoms with Crippen LogP contribution in [0, 0.1) is 11.7 Å². The van der Waals surface area contributed by atoms with Crippen LogP contribution in [0.15, 0.2) is 79.3 Å². The van der Waals surface area contributed by atoms with Gasteiger partial charge in [0.25, 0.3) is 0 Å². The number of carbonyl (C=O) groups excluding carboxylic acids is 1. The molecule has 4 aromatic rings. The normalized spacial score (nSPS) is 11.9. The second-order valence-electron chi connectivity index (χ2n) is 9.07. The number of aromatic nitrogens is 3. The fraction of sp³-hybridized carbons (Fsp3) is 0.250. The summed E-state index contributed by atoms with van der Waals surface area (Å²) in [7, 11) is 1.91. The van der Waals surface area contributed by atoms with Gasteiger partial charge in [-0.2, -0.15) is 0 Å². The molecule has 0 fully saturated rings. The van der Waals surface area contributed by atoms with E-state index < -0.39 is 6.04 Å². The number of hydrogen-bond acceptors (Lipinski definition) is 5. The average Bonchev–Trinajstić information content (AvgIpc) is 3.28. The highest BCUT2D eigenvalue weighted by Gasteiger charge is 2.21. The highest BCUT2D eigenvalue weighted by molar-refractivity contribution is 5.94. The number of carbonyl (C=O) groups is 1. The summed E-state index contributed by atoms with van der Waals surface area (Å²) in [5.74, 6) is 1.59. The van der Waals surface area contributed by atoms with Gasteiger partial charge in [0.1, 0.15) is 23.1 Å². The maximum Gasteiger partial charge on any atom is 0.243 e. The third-order valence-corrected chi connectivity index (χ3v) is 5.46. The van der Waals surface area contributed by atoms with Crippen LogP contribution in [0.3, 0.4) is 0 Å². The molecule has 4 rings (SSSR count). The van der Waals surface area contributed by atoms with E-state index in [2.05, 4.69) is 34.4 Å². The first-order chi connectivity index (χ1) is 17.4. The van der Waals surface area contributed by atoms with E-state index in [1.165, 1.54) is 12.1 Å². The van der Waals surface area contributed by atoms with Gasteiger partial charge in [-0.3, -0.25) is 4.79 Å². The van der Waals surface area contributed by atoms with Crippen LogP contribution >= 0.6 is 0 Å². The zero-order chi connectivity index (χ0) is 25.5. The van der Waals surface area contributed by atoms with E-state index in [0.717, 1.165) is 17.0 Å². The minimum Gasteiger partial charge on any atom is -0.457 e. The number of pyridine rings is 1. The average molecular weight is 488 g/mol. The summed E-state index contributed by atoms with van der Waals surface area (Å²) < 4.78 is 20.7. The van der Waals surface area contributed by atoms with Gasteiger partial charge in [-0.1, -0.05) is 19.9 Å². The molecule has 2 heterocycles. The van der Waals surface area contributed by atoms with Crippen molar-refractivity contribution < 1.29 is 13.9 Å². The van der Waals surface area contributed by atoms with Crippen molar-refractivity contribution >= 4 is 11.7 Å². The van der Waals surface area contributed by atoms with E-state index in [1.807, 2.05) is 54.2 Å². The first kappa shape index (κ1) is 25.1. The van der Waals surface area contributed by atoms with E-state index in [9.17, 15) is 9.18 Å². The molecule has 7 nitrogen and oxygen atoms in total. The SMILES string of the molecule is CC(C)CN[C@@H](Cc1cn(C)cn1)C(=O)Nc1cccc(-c2ccc(Oc3ccc(F)cc3)cc2)n1. The Balaban J connectivity index is 1.44. The Morgan fingerprint density at radius 3 is 2.36 bits per heavy atom. The van der Waals surface area contributed by atoms with Crippen LogP contribution in [-0.2, 0) is 18.3 Å². The molecule has 2 aromatic heterocycles. The Bertz CT molecular complexity index is 1290. The molecular weight excluding hydrogens is 457 g/mol. The number of halogens is 1. The van der Waals surface area contributed by atoms with Gasteiger partial charge in [0.15, 0.2) is 0 Å². The highest BCUT2D eigenvalue weighted by atomic mass is 19.1. The van der Waals surface area contributed by atoms with Gasteiger partial charge in [-0.15, -0.1) is 0 Å². The maximum atomic E-state index is 13.1. The predicted octanol–water partition coefficient (Wildman–Crippen LogP) is 5.21. The Hall–Kier alpha value is -4.04. The number of aryl methyl sites for hydroxylation is 1. The lowest BCUT2D eigenvalue weighted by atomic mass is 10.1. The summed E-state index contributed by atoms with van der Waals surface area (Å²) in [4.78, 5) is 22.1. The molecule has 0 aliphatic carbocycles. The van der Waals surface area contributed by atoms with Crippen molar-refractivity contribution in [3.8, 4) is 22.8 Å². The molecule has 0 aliphatic rings. The molecule has 0 saturated carbocycles. The van der Waals surface area contributed by atoms with Gasteiger partial charge >= 0.3 is 0 Å². The largest absolute Gasteiger partial charge is 0.457 e. The highest BCUT2D eigenvalue weighted by Crippen LogP contribution is 2.26. The number of ether oxygens (including phenoxy) is 1. The molecule has 2 N–H and O–H groups in total. The predicted molar refractivity (Wildman–Crippen MR) is 138 cm³/mol.